The van der Waals surface area contributed by atoms with Gasteiger partial charge in [0.25, 0.3) is 5.91 Å². The van der Waals surface area contributed by atoms with Crippen molar-refractivity contribution in [2.24, 2.45) is 0 Å². The largest absolute Gasteiger partial charge is 0.382 e. The Kier molecular flexibility index (Phi) is 7.27. The molecule has 0 spiro atoms. The van der Waals surface area contributed by atoms with Gasteiger partial charge in [-0.05, 0) is 51.9 Å². The lowest BCUT2D eigenvalue weighted by Gasteiger charge is -2.23. The van der Waals surface area contributed by atoms with Crippen molar-refractivity contribution in [1.82, 2.24) is 41.0 Å². The summed E-state index contributed by atoms with van der Waals surface area (Å²) in [6.07, 6.45) is 1.46. The molecule has 0 saturated heterocycles. The lowest BCUT2D eigenvalue weighted by molar-refractivity contribution is -0.124. The number of nitrogen functional groups attached to an aromatic ring is 1. The number of rotatable bonds is 9. The molecule has 0 saturated carbocycles. The van der Waals surface area contributed by atoms with Crippen molar-refractivity contribution in [1.29, 1.82) is 0 Å². The van der Waals surface area contributed by atoms with E-state index in [1.165, 1.54) is 11.0 Å². The van der Waals surface area contributed by atoms with E-state index in [1.54, 1.807) is 24.3 Å². The van der Waals surface area contributed by atoms with Crippen molar-refractivity contribution in [3.05, 3.63) is 101 Å². The summed E-state index contributed by atoms with van der Waals surface area (Å²) in [4.78, 5) is 26.9. The lowest BCUT2D eigenvalue weighted by Crippen LogP contribution is -2.50. The zero-order chi connectivity index (χ0) is 26.5. The maximum atomic E-state index is 13.6. The van der Waals surface area contributed by atoms with Gasteiger partial charge in [0.05, 0.1) is 5.52 Å². The van der Waals surface area contributed by atoms with E-state index in [9.17, 15) is 9.59 Å². The van der Waals surface area contributed by atoms with Crippen molar-refractivity contribution in [3.8, 4) is 0 Å². The maximum Gasteiger partial charge on any atom is 0.252 e. The number of amides is 2. The first-order valence-corrected chi connectivity index (χ1v) is 12.2. The molecule has 2 atom stereocenters. The third-order valence-electron chi connectivity index (χ3n) is 6.07. The number of aromatic nitrogens is 6. The number of H-pyrrole nitrogens is 1. The van der Waals surface area contributed by atoms with Gasteiger partial charge in [-0.2, -0.15) is 5.10 Å². The molecular formula is C26H24ClN9O2. The van der Waals surface area contributed by atoms with E-state index in [2.05, 4.69) is 36.4 Å². The van der Waals surface area contributed by atoms with Crippen LogP contribution < -0.4 is 16.4 Å². The van der Waals surface area contributed by atoms with Crippen LogP contribution >= 0.6 is 11.6 Å². The van der Waals surface area contributed by atoms with E-state index in [0.717, 1.165) is 11.1 Å². The topological polar surface area (TPSA) is 156 Å². The molecule has 0 radical (unpaired) electrons. The molecule has 0 bridgehead atoms. The van der Waals surface area contributed by atoms with Crippen LogP contribution in [0.25, 0.3) is 10.9 Å². The molecule has 2 aromatic heterocycles. The zero-order valence-electron chi connectivity index (χ0n) is 20.1. The molecule has 0 aliphatic heterocycles. The van der Waals surface area contributed by atoms with Gasteiger partial charge in [0, 0.05) is 28.8 Å². The molecule has 5 rings (SSSR count). The van der Waals surface area contributed by atoms with E-state index in [1.807, 2.05) is 48.5 Å². The average molecular weight is 530 g/mol. The second-order valence-corrected chi connectivity index (χ2v) is 9.17. The molecule has 0 aliphatic carbocycles. The normalized spacial score (nSPS) is 12.7. The smallest absolute Gasteiger partial charge is 0.252 e. The second kappa shape index (κ2) is 11.1. The highest BCUT2D eigenvalue weighted by molar-refractivity contribution is 6.30. The summed E-state index contributed by atoms with van der Waals surface area (Å²) in [5.74, 6) is -0.455. The number of carbonyl (C=O) groups excluding carboxylic acids is 2. The van der Waals surface area contributed by atoms with E-state index < -0.39 is 24.0 Å². The van der Waals surface area contributed by atoms with Crippen molar-refractivity contribution < 1.29 is 9.59 Å². The third kappa shape index (κ3) is 5.79. The van der Waals surface area contributed by atoms with E-state index in [-0.39, 0.29) is 6.42 Å². The molecule has 38 heavy (non-hydrogen) atoms. The molecule has 11 nitrogen and oxygen atoms in total. The van der Waals surface area contributed by atoms with Crippen LogP contribution in [0.15, 0.2) is 79.1 Å². The number of nitrogens with one attached hydrogen (secondary N) is 3. The van der Waals surface area contributed by atoms with Gasteiger partial charge in [-0.15, -0.1) is 5.10 Å². The molecule has 0 aliphatic rings. The number of aromatic amines is 1. The number of nitrogens with two attached hydrogens (primary N) is 1. The quantitative estimate of drug-likeness (QED) is 0.228. The first kappa shape index (κ1) is 24.9. The highest BCUT2D eigenvalue weighted by Crippen LogP contribution is 2.20. The van der Waals surface area contributed by atoms with Gasteiger partial charge in [-0.1, -0.05) is 54.1 Å². The Labute approximate surface area is 222 Å². The van der Waals surface area contributed by atoms with Gasteiger partial charge >= 0.3 is 0 Å². The fraction of sp³-hybridized carbons (Fsp3) is 0.154. The van der Waals surface area contributed by atoms with E-state index in [0.29, 0.717) is 33.7 Å². The predicted octanol–water partition coefficient (Wildman–Crippen LogP) is 2.68. The molecular weight excluding hydrogens is 506 g/mol. The number of benzene rings is 3. The van der Waals surface area contributed by atoms with Crippen LogP contribution in [-0.4, -0.2) is 48.3 Å². The maximum absolute atomic E-state index is 13.6. The standard InChI is InChI=1S/C26H24ClN9O2/c27-19-8-4-7-17(11-19)13-23(36-15-29-34-35-36)31-26(38)22(12-16-5-2-1-3-6-16)30-25(37)18-9-10-20-21(14-18)32-33-24(20)28/h1-11,14-15,22-23H,12-13H2,(H,30,37)(H,31,38)(H3,28,32,33). The number of fused-ring (bicyclic) bond motifs is 1. The van der Waals surface area contributed by atoms with Crippen LogP contribution in [0, 0.1) is 0 Å². The van der Waals surface area contributed by atoms with Crippen LogP contribution in [0.2, 0.25) is 5.02 Å². The molecule has 3 aromatic carbocycles. The van der Waals surface area contributed by atoms with Crippen molar-refractivity contribution in [2.45, 2.75) is 25.0 Å². The van der Waals surface area contributed by atoms with E-state index >= 15 is 0 Å². The van der Waals surface area contributed by atoms with Crippen LogP contribution in [0.5, 0.6) is 0 Å². The first-order valence-electron chi connectivity index (χ1n) is 11.8. The van der Waals surface area contributed by atoms with Gasteiger partial charge in [0.15, 0.2) is 5.82 Å². The summed E-state index contributed by atoms with van der Waals surface area (Å²) in [7, 11) is 0. The highest BCUT2D eigenvalue weighted by Gasteiger charge is 2.26. The number of hydrogen-bond donors (Lipinski definition) is 4. The number of hydrogen-bond acceptors (Lipinski definition) is 7. The Morgan fingerprint density at radius 3 is 2.55 bits per heavy atom. The number of anilines is 1. The molecule has 2 heterocycles. The van der Waals surface area contributed by atoms with E-state index in [4.69, 9.17) is 17.3 Å². The van der Waals surface area contributed by atoms with Gasteiger partial charge in [-0.3, -0.25) is 14.7 Å². The van der Waals surface area contributed by atoms with Gasteiger partial charge in [0.2, 0.25) is 5.91 Å². The Bertz CT molecular complexity index is 1550. The second-order valence-electron chi connectivity index (χ2n) is 8.73. The molecule has 12 heteroatoms. The molecule has 2 unspecified atom stereocenters. The molecule has 5 N–H and O–H groups in total. The lowest BCUT2D eigenvalue weighted by atomic mass is 10.0. The minimum atomic E-state index is -0.884. The van der Waals surface area contributed by atoms with Crippen LogP contribution in [-0.2, 0) is 17.6 Å². The summed E-state index contributed by atoms with van der Waals surface area (Å²) >= 11 is 6.16. The average Bonchev–Trinajstić information content (AvgIpc) is 3.59. The number of carbonyl (C=O) groups is 2. The van der Waals surface area contributed by atoms with Crippen molar-refractivity contribution in [3.63, 3.8) is 0 Å². The van der Waals surface area contributed by atoms with Crippen LogP contribution in [0.3, 0.4) is 0 Å². The molecule has 192 valence electrons. The predicted molar refractivity (Wildman–Crippen MR) is 142 cm³/mol. The summed E-state index contributed by atoms with van der Waals surface area (Å²) in [6.45, 7) is 0. The number of nitrogens with zero attached hydrogens (tertiary/aromatic N) is 5. The van der Waals surface area contributed by atoms with Gasteiger partial charge in [-0.25, -0.2) is 4.68 Å². The summed E-state index contributed by atoms with van der Waals surface area (Å²) in [5.41, 5.74) is 8.60. The summed E-state index contributed by atoms with van der Waals surface area (Å²) < 4.78 is 1.46. The number of halogens is 1. The van der Waals surface area contributed by atoms with Gasteiger partial charge < -0.3 is 16.4 Å². The Balaban J connectivity index is 1.39. The Hall–Kier alpha value is -4.77. The highest BCUT2D eigenvalue weighted by atomic mass is 35.5. The molecule has 0 fully saturated rings. The Morgan fingerprint density at radius 1 is 0.974 bits per heavy atom. The SMILES string of the molecule is Nc1n[nH]c2cc(C(=O)NC(Cc3ccccc3)C(=O)NC(Cc3cccc(Cl)c3)n3cnnn3)ccc12. The molecule has 5 aromatic rings. The third-order valence-corrected chi connectivity index (χ3v) is 6.31. The minimum Gasteiger partial charge on any atom is -0.382 e. The fourth-order valence-electron chi connectivity index (χ4n) is 4.16. The fourth-order valence-corrected chi connectivity index (χ4v) is 4.37. The summed E-state index contributed by atoms with van der Waals surface area (Å²) in [6, 6.07) is 20.9. The van der Waals surface area contributed by atoms with Crippen molar-refractivity contribution in [2.75, 3.05) is 5.73 Å². The summed E-state index contributed by atoms with van der Waals surface area (Å²) in [5, 5.41) is 25.3. The van der Waals surface area contributed by atoms with Crippen LogP contribution in [0.1, 0.15) is 27.7 Å². The number of tetrazole rings is 1. The Morgan fingerprint density at radius 2 is 1.79 bits per heavy atom. The first-order chi connectivity index (χ1) is 18.5. The monoisotopic (exact) mass is 529 g/mol. The minimum absolute atomic E-state index is 0.275. The zero-order valence-corrected chi connectivity index (χ0v) is 20.8. The van der Waals surface area contributed by atoms with Crippen LogP contribution in [0.4, 0.5) is 5.82 Å². The van der Waals surface area contributed by atoms with Gasteiger partial charge in [0.1, 0.15) is 18.5 Å². The van der Waals surface area contributed by atoms with Crippen molar-refractivity contribution >= 4 is 40.1 Å². The molecule has 2 amide bonds.